The second-order valence-electron chi connectivity index (χ2n) is 4.17. The van der Waals surface area contributed by atoms with Crippen molar-refractivity contribution in [2.75, 3.05) is 14.1 Å². The first-order chi connectivity index (χ1) is 7.13. The Morgan fingerprint density at radius 3 is 2.27 bits per heavy atom. The molecule has 0 rings (SSSR count). The Morgan fingerprint density at radius 2 is 1.80 bits per heavy atom. The summed E-state index contributed by atoms with van der Waals surface area (Å²) in [6.45, 7) is 4.31. The Labute approximate surface area is 94.4 Å². The van der Waals surface area contributed by atoms with Crippen molar-refractivity contribution in [1.29, 1.82) is 0 Å². The van der Waals surface area contributed by atoms with Crippen LogP contribution in [0.25, 0.3) is 0 Å². The van der Waals surface area contributed by atoms with Gasteiger partial charge in [-0.2, -0.15) is 0 Å². The molecule has 15 heavy (non-hydrogen) atoms. The molecule has 0 heterocycles. The second kappa shape index (κ2) is 8.51. The van der Waals surface area contributed by atoms with Gasteiger partial charge in [-0.1, -0.05) is 39.2 Å². The molecule has 2 heteroatoms. The molecule has 0 aromatic carbocycles. The SMILES string of the molecule is CCCCC/C=C(\CCC)C(=O)N(C)C. The summed E-state index contributed by atoms with van der Waals surface area (Å²) in [4.78, 5) is 13.4. The van der Waals surface area contributed by atoms with Crippen LogP contribution in [0.5, 0.6) is 0 Å². The zero-order valence-electron chi connectivity index (χ0n) is 10.7. The third kappa shape index (κ3) is 6.32. The second-order valence-corrected chi connectivity index (χ2v) is 4.17. The number of likely N-dealkylation sites (N-methyl/N-ethyl adjacent to an activating group) is 1. The lowest BCUT2D eigenvalue weighted by Gasteiger charge is -2.13. The molecule has 0 saturated heterocycles. The Bertz CT molecular complexity index is 207. The standard InChI is InChI=1S/C13H25NO/c1-5-7-8-9-11-12(10-6-2)13(15)14(3)4/h11H,5-10H2,1-4H3/b12-11+. The van der Waals surface area contributed by atoms with Crippen molar-refractivity contribution in [3.05, 3.63) is 11.6 Å². The van der Waals surface area contributed by atoms with E-state index >= 15 is 0 Å². The van der Waals surface area contributed by atoms with Crippen molar-refractivity contribution in [3.63, 3.8) is 0 Å². The number of carbonyl (C=O) groups is 1. The maximum atomic E-state index is 11.8. The molecular formula is C13H25NO. The van der Waals surface area contributed by atoms with Gasteiger partial charge in [-0.25, -0.2) is 0 Å². The maximum absolute atomic E-state index is 11.8. The summed E-state index contributed by atoms with van der Waals surface area (Å²) in [5.41, 5.74) is 0.985. The van der Waals surface area contributed by atoms with Gasteiger partial charge in [0.25, 0.3) is 0 Å². The van der Waals surface area contributed by atoms with Gasteiger partial charge in [0, 0.05) is 19.7 Å². The molecule has 0 aliphatic carbocycles. The average molecular weight is 211 g/mol. The van der Waals surface area contributed by atoms with Gasteiger partial charge < -0.3 is 4.90 Å². The van der Waals surface area contributed by atoms with Gasteiger partial charge in [0.15, 0.2) is 0 Å². The van der Waals surface area contributed by atoms with E-state index in [1.807, 2.05) is 14.1 Å². The molecule has 0 saturated carbocycles. The summed E-state index contributed by atoms with van der Waals surface area (Å²) in [5, 5.41) is 0. The molecule has 0 aliphatic heterocycles. The first-order valence-corrected chi connectivity index (χ1v) is 6.04. The minimum atomic E-state index is 0.174. The number of hydrogen-bond acceptors (Lipinski definition) is 1. The Morgan fingerprint density at radius 1 is 1.13 bits per heavy atom. The molecule has 0 N–H and O–H groups in total. The Kier molecular flexibility index (Phi) is 8.06. The molecule has 1 amide bonds. The number of unbranched alkanes of at least 4 members (excludes halogenated alkanes) is 3. The first-order valence-electron chi connectivity index (χ1n) is 6.04. The van der Waals surface area contributed by atoms with E-state index in [9.17, 15) is 4.79 Å². The van der Waals surface area contributed by atoms with Crippen LogP contribution in [-0.2, 0) is 4.79 Å². The zero-order valence-corrected chi connectivity index (χ0v) is 10.7. The van der Waals surface area contributed by atoms with Crippen LogP contribution in [0, 0.1) is 0 Å². The molecule has 0 spiro atoms. The van der Waals surface area contributed by atoms with E-state index in [2.05, 4.69) is 19.9 Å². The minimum Gasteiger partial charge on any atom is -0.345 e. The summed E-state index contributed by atoms with van der Waals surface area (Å²) in [6.07, 6.45) is 8.81. The van der Waals surface area contributed by atoms with E-state index in [0.717, 1.165) is 24.8 Å². The smallest absolute Gasteiger partial charge is 0.248 e. The van der Waals surface area contributed by atoms with Gasteiger partial charge in [-0.3, -0.25) is 4.79 Å². The molecule has 0 bridgehead atoms. The highest BCUT2D eigenvalue weighted by atomic mass is 16.2. The molecule has 0 aromatic rings. The lowest BCUT2D eigenvalue weighted by Crippen LogP contribution is -2.23. The van der Waals surface area contributed by atoms with Crippen LogP contribution < -0.4 is 0 Å². The lowest BCUT2D eigenvalue weighted by atomic mass is 10.1. The Balaban J connectivity index is 4.18. The van der Waals surface area contributed by atoms with E-state index in [1.54, 1.807) is 4.90 Å². The molecule has 0 fully saturated rings. The van der Waals surface area contributed by atoms with Gasteiger partial charge in [0.2, 0.25) is 5.91 Å². The summed E-state index contributed by atoms with van der Waals surface area (Å²) < 4.78 is 0. The van der Waals surface area contributed by atoms with Gasteiger partial charge in [-0.15, -0.1) is 0 Å². The number of rotatable bonds is 7. The van der Waals surface area contributed by atoms with Crippen LogP contribution >= 0.6 is 0 Å². The van der Waals surface area contributed by atoms with E-state index in [0.29, 0.717) is 0 Å². The third-order valence-corrected chi connectivity index (χ3v) is 2.40. The molecule has 0 aromatic heterocycles. The molecule has 88 valence electrons. The van der Waals surface area contributed by atoms with E-state index in [1.165, 1.54) is 19.3 Å². The van der Waals surface area contributed by atoms with Crippen LogP contribution in [0.4, 0.5) is 0 Å². The average Bonchev–Trinajstić information content (AvgIpc) is 2.21. The van der Waals surface area contributed by atoms with Crippen molar-refractivity contribution in [2.24, 2.45) is 0 Å². The first kappa shape index (κ1) is 14.2. The van der Waals surface area contributed by atoms with Crippen LogP contribution in [0.2, 0.25) is 0 Å². The lowest BCUT2D eigenvalue weighted by molar-refractivity contribution is -0.124. The fourth-order valence-electron chi connectivity index (χ4n) is 1.52. The van der Waals surface area contributed by atoms with Crippen LogP contribution in [0.3, 0.4) is 0 Å². The van der Waals surface area contributed by atoms with Gasteiger partial charge in [-0.05, 0) is 19.3 Å². The van der Waals surface area contributed by atoms with Crippen molar-refractivity contribution < 1.29 is 4.79 Å². The van der Waals surface area contributed by atoms with E-state index in [4.69, 9.17) is 0 Å². The molecular weight excluding hydrogens is 186 g/mol. The van der Waals surface area contributed by atoms with Gasteiger partial charge in [0.1, 0.15) is 0 Å². The van der Waals surface area contributed by atoms with E-state index in [-0.39, 0.29) is 5.91 Å². The minimum absolute atomic E-state index is 0.174. The molecule has 0 aliphatic rings. The molecule has 0 atom stereocenters. The van der Waals surface area contributed by atoms with Gasteiger partial charge in [0.05, 0.1) is 0 Å². The summed E-state index contributed by atoms with van der Waals surface area (Å²) >= 11 is 0. The fraction of sp³-hybridized carbons (Fsp3) is 0.769. The topological polar surface area (TPSA) is 20.3 Å². The summed E-state index contributed by atoms with van der Waals surface area (Å²) in [5.74, 6) is 0.174. The fourth-order valence-corrected chi connectivity index (χ4v) is 1.52. The third-order valence-electron chi connectivity index (χ3n) is 2.40. The number of amides is 1. The van der Waals surface area contributed by atoms with Crippen molar-refractivity contribution in [1.82, 2.24) is 4.90 Å². The largest absolute Gasteiger partial charge is 0.345 e. The maximum Gasteiger partial charge on any atom is 0.248 e. The highest BCUT2D eigenvalue weighted by Crippen LogP contribution is 2.11. The Hall–Kier alpha value is -0.790. The predicted molar refractivity (Wildman–Crippen MR) is 65.8 cm³/mol. The van der Waals surface area contributed by atoms with Crippen molar-refractivity contribution >= 4 is 5.91 Å². The molecule has 2 nitrogen and oxygen atoms in total. The van der Waals surface area contributed by atoms with E-state index < -0.39 is 0 Å². The normalized spacial score (nSPS) is 11.6. The van der Waals surface area contributed by atoms with Crippen molar-refractivity contribution in [2.45, 2.75) is 52.4 Å². The highest BCUT2D eigenvalue weighted by molar-refractivity contribution is 5.92. The number of carbonyl (C=O) groups excluding carboxylic acids is 1. The number of nitrogens with zero attached hydrogens (tertiary/aromatic N) is 1. The van der Waals surface area contributed by atoms with Crippen LogP contribution in [-0.4, -0.2) is 24.9 Å². The summed E-state index contributed by atoms with van der Waals surface area (Å²) in [6, 6.07) is 0. The summed E-state index contributed by atoms with van der Waals surface area (Å²) in [7, 11) is 3.63. The number of hydrogen-bond donors (Lipinski definition) is 0. The zero-order chi connectivity index (χ0) is 11.7. The van der Waals surface area contributed by atoms with Gasteiger partial charge >= 0.3 is 0 Å². The van der Waals surface area contributed by atoms with Crippen molar-refractivity contribution in [3.8, 4) is 0 Å². The highest BCUT2D eigenvalue weighted by Gasteiger charge is 2.09. The predicted octanol–water partition coefficient (Wildman–Crippen LogP) is 3.38. The quantitative estimate of drug-likeness (QED) is 0.467. The van der Waals surface area contributed by atoms with Crippen LogP contribution in [0.1, 0.15) is 52.4 Å². The van der Waals surface area contributed by atoms with Crippen LogP contribution in [0.15, 0.2) is 11.6 Å². The molecule has 0 radical (unpaired) electrons. The molecule has 0 unspecified atom stereocenters. The monoisotopic (exact) mass is 211 g/mol. The number of allylic oxidation sites excluding steroid dienone is 1.